The highest BCUT2D eigenvalue weighted by atomic mass is 35.5. The molecule has 3 heterocycles. The van der Waals surface area contributed by atoms with Gasteiger partial charge in [-0.2, -0.15) is 0 Å². The van der Waals surface area contributed by atoms with E-state index in [1.54, 1.807) is 41.4 Å². The molecule has 1 aromatic carbocycles. The molecule has 27 heavy (non-hydrogen) atoms. The number of halogens is 1. The first-order valence-corrected chi connectivity index (χ1v) is 10.5. The number of amides is 1. The van der Waals surface area contributed by atoms with Crippen molar-refractivity contribution >= 4 is 33.7 Å². The summed E-state index contributed by atoms with van der Waals surface area (Å²) in [5.41, 5.74) is -0.0447. The van der Waals surface area contributed by atoms with Crippen molar-refractivity contribution in [3.8, 4) is 0 Å². The van der Waals surface area contributed by atoms with E-state index < -0.39 is 15.9 Å². The number of sulfonamides is 1. The number of hydrogen-bond donors (Lipinski definition) is 2. The van der Waals surface area contributed by atoms with Gasteiger partial charge in [0.15, 0.2) is 16.2 Å². The van der Waals surface area contributed by atoms with E-state index in [1.165, 1.54) is 6.07 Å². The zero-order valence-corrected chi connectivity index (χ0v) is 16.1. The Hall–Kier alpha value is -2.00. The number of carbonyl (C=O) groups is 1. The highest BCUT2D eigenvalue weighted by molar-refractivity contribution is 7.96. The molecule has 1 fully saturated rings. The summed E-state index contributed by atoms with van der Waals surface area (Å²) in [4.78, 5) is 19.0. The van der Waals surface area contributed by atoms with Crippen molar-refractivity contribution in [2.75, 3.05) is 25.0 Å². The first kappa shape index (κ1) is 18.4. The second kappa shape index (κ2) is 6.87. The second-order valence-corrected chi connectivity index (χ2v) is 9.09. The standard InChI is InChI=1S/C18H19ClN4O3S/c19-14-6-4-13(5-7-14)17(24)23-10-2-8-18(12-23)11-21-27(25,26)15-3-1-9-20-16(15)22-18/h1,3-7,9H,2,8,10-12H2,(H2-,20,21,22,25,26). The summed E-state index contributed by atoms with van der Waals surface area (Å²) in [5, 5.41) is 3.88. The molecule has 2 unspecified atom stereocenters. The Kier molecular flexibility index (Phi) is 4.67. The Balaban J connectivity index is 1.61. The summed E-state index contributed by atoms with van der Waals surface area (Å²) in [6, 6.07) is 9.89. The van der Waals surface area contributed by atoms with Gasteiger partial charge in [0, 0.05) is 35.9 Å². The lowest BCUT2D eigenvalue weighted by molar-refractivity contribution is 0.0663. The van der Waals surface area contributed by atoms with Crippen molar-refractivity contribution in [2.24, 2.45) is 0 Å². The van der Waals surface area contributed by atoms with E-state index >= 15 is 0 Å². The zero-order chi connectivity index (χ0) is 19.1. The number of aromatic nitrogens is 1. The van der Waals surface area contributed by atoms with Crippen molar-refractivity contribution in [3.63, 3.8) is 0 Å². The molecule has 2 aliphatic heterocycles. The van der Waals surface area contributed by atoms with Gasteiger partial charge in [0.2, 0.25) is 4.90 Å². The van der Waals surface area contributed by atoms with E-state index in [9.17, 15) is 13.6 Å². The van der Waals surface area contributed by atoms with E-state index in [2.05, 4.69) is 15.0 Å². The van der Waals surface area contributed by atoms with Crippen LogP contribution in [0.2, 0.25) is 5.02 Å². The predicted octanol–water partition coefficient (Wildman–Crippen LogP) is 2.33. The molecular formula is C18H19ClN4O3S. The molecule has 1 amide bonds. The van der Waals surface area contributed by atoms with Crippen LogP contribution in [0.3, 0.4) is 0 Å². The summed E-state index contributed by atoms with van der Waals surface area (Å²) >= 11 is 5.90. The molecule has 1 spiro atoms. The third-order valence-corrected chi connectivity index (χ3v) is 6.68. The van der Waals surface area contributed by atoms with Crippen molar-refractivity contribution in [1.29, 1.82) is 0 Å². The molecule has 0 bridgehead atoms. The molecule has 0 saturated carbocycles. The molecule has 0 aliphatic carbocycles. The number of piperidine rings is 1. The number of benzene rings is 1. The van der Waals surface area contributed by atoms with Crippen LogP contribution in [0.1, 0.15) is 23.2 Å². The van der Waals surface area contributed by atoms with Gasteiger partial charge in [-0.15, -0.1) is 4.72 Å². The molecular weight excluding hydrogens is 388 g/mol. The van der Waals surface area contributed by atoms with Crippen molar-refractivity contribution < 1.29 is 13.6 Å². The SMILES string of the molecule is O=C(c1ccc(Cl)cc1)N1CCCC2(CN[S+](=O)([O-])c3cccnc3N2)C1. The van der Waals surface area contributed by atoms with Gasteiger partial charge in [-0.25, -0.2) is 4.98 Å². The number of nitrogens with zero attached hydrogens (tertiary/aromatic N) is 2. The molecule has 7 nitrogen and oxygen atoms in total. The Morgan fingerprint density at radius 3 is 2.85 bits per heavy atom. The van der Waals surface area contributed by atoms with Crippen LogP contribution in [-0.4, -0.2) is 45.5 Å². The minimum absolute atomic E-state index is 0.0964. The number of likely N-dealkylation sites (tertiary alicyclic amines) is 1. The van der Waals surface area contributed by atoms with Gasteiger partial charge in [-0.05, 0) is 43.2 Å². The van der Waals surface area contributed by atoms with E-state index in [4.69, 9.17) is 11.6 Å². The van der Waals surface area contributed by atoms with E-state index in [0.29, 0.717) is 29.5 Å². The third kappa shape index (κ3) is 3.58. The van der Waals surface area contributed by atoms with Gasteiger partial charge >= 0.3 is 0 Å². The largest absolute Gasteiger partial charge is 0.593 e. The molecule has 142 valence electrons. The van der Waals surface area contributed by atoms with Crippen LogP contribution in [-0.2, 0) is 14.6 Å². The van der Waals surface area contributed by atoms with Crippen LogP contribution >= 0.6 is 11.6 Å². The molecule has 2 N–H and O–H groups in total. The average molecular weight is 407 g/mol. The van der Waals surface area contributed by atoms with E-state index in [-0.39, 0.29) is 17.3 Å². The number of pyridine rings is 1. The minimum atomic E-state index is -3.64. The number of hydrogen-bond acceptors (Lipinski definition) is 5. The van der Waals surface area contributed by atoms with Gasteiger partial charge in [-0.3, -0.25) is 4.79 Å². The molecule has 1 aromatic heterocycles. The number of fused-ring (bicyclic) bond motifs is 1. The predicted molar refractivity (Wildman–Crippen MR) is 102 cm³/mol. The minimum Gasteiger partial charge on any atom is -0.593 e. The summed E-state index contributed by atoms with van der Waals surface area (Å²) < 4.78 is 27.7. The number of rotatable bonds is 1. The highest BCUT2D eigenvalue weighted by Gasteiger charge is 2.43. The Morgan fingerprint density at radius 2 is 2.07 bits per heavy atom. The summed E-state index contributed by atoms with van der Waals surface area (Å²) in [7, 11) is -3.64. The summed E-state index contributed by atoms with van der Waals surface area (Å²) in [5.74, 6) is 0.226. The zero-order valence-electron chi connectivity index (χ0n) is 14.5. The number of carbonyl (C=O) groups excluding carboxylic acids is 1. The van der Waals surface area contributed by atoms with E-state index in [1.807, 2.05) is 0 Å². The quantitative estimate of drug-likeness (QED) is 0.708. The maximum Gasteiger partial charge on any atom is 0.253 e. The topological polar surface area (TPSA) is 97.4 Å². The Labute approximate surface area is 163 Å². The molecule has 9 heteroatoms. The van der Waals surface area contributed by atoms with Gasteiger partial charge in [0.05, 0.1) is 12.1 Å². The monoisotopic (exact) mass is 406 g/mol. The van der Waals surface area contributed by atoms with Crippen molar-refractivity contribution in [2.45, 2.75) is 23.3 Å². The Morgan fingerprint density at radius 1 is 1.30 bits per heavy atom. The maximum atomic E-state index is 12.9. The van der Waals surface area contributed by atoms with Gasteiger partial charge < -0.3 is 14.8 Å². The summed E-state index contributed by atoms with van der Waals surface area (Å²) in [6.07, 6.45) is 3.05. The van der Waals surface area contributed by atoms with Crippen LogP contribution in [0.5, 0.6) is 0 Å². The molecule has 1 saturated heterocycles. The first-order valence-electron chi connectivity index (χ1n) is 8.66. The van der Waals surface area contributed by atoms with Crippen LogP contribution in [0.4, 0.5) is 5.82 Å². The highest BCUT2D eigenvalue weighted by Crippen LogP contribution is 2.33. The van der Waals surface area contributed by atoms with Crippen LogP contribution in [0.25, 0.3) is 0 Å². The van der Waals surface area contributed by atoms with Crippen LogP contribution in [0.15, 0.2) is 47.5 Å². The Bertz CT molecular complexity index is 923. The van der Waals surface area contributed by atoms with Gasteiger partial charge in [0.1, 0.15) is 0 Å². The van der Waals surface area contributed by atoms with E-state index in [0.717, 1.165) is 12.8 Å². The van der Waals surface area contributed by atoms with Crippen LogP contribution in [0, 0.1) is 0 Å². The lowest BCUT2D eigenvalue weighted by Crippen LogP contribution is -2.59. The molecule has 2 atom stereocenters. The molecule has 2 aliphatic rings. The fraction of sp³-hybridized carbons (Fsp3) is 0.333. The summed E-state index contributed by atoms with van der Waals surface area (Å²) in [6.45, 7) is 1.19. The van der Waals surface area contributed by atoms with Crippen molar-refractivity contribution in [1.82, 2.24) is 14.6 Å². The normalized spacial score (nSPS) is 27.6. The van der Waals surface area contributed by atoms with Crippen molar-refractivity contribution in [3.05, 3.63) is 53.2 Å². The fourth-order valence-corrected chi connectivity index (χ4v) is 5.00. The van der Waals surface area contributed by atoms with Gasteiger partial charge in [0.25, 0.3) is 5.91 Å². The first-order chi connectivity index (χ1) is 12.9. The molecule has 4 rings (SSSR count). The second-order valence-electron chi connectivity index (χ2n) is 6.92. The van der Waals surface area contributed by atoms with Crippen LogP contribution < -0.4 is 10.0 Å². The average Bonchev–Trinajstić information content (AvgIpc) is 2.77. The number of anilines is 1. The fourth-order valence-electron chi connectivity index (χ4n) is 3.63. The number of nitrogens with one attached hydrogen (secondary N) is 2. The lowest BCUT2D eigenvalue weighted by atomic mass is 9.88. The molecule has 2 aromatic rings. The maximum absolute atomic E-state index is 12.9. The molecule has 0 radical (unpaired) electrons. The third-order valence-electron chi connectivity index (χ3n) is 5.00. The van der Waals surface area contributed by atoms with Gasteiger partial charge in [-0.1, -0.05) is 15.8 Å². The lowest BCUT2D eigenvalue weighted by Gasteiger charge is -2.42. The smallest absolute Gasteiger partial charge is 0.253 e.